The third kappa shape index (κ3) is 79.7. The van der Waals surface area contributed by atoms with Gasteiger partial charge in [0.2, 0.25) is 0 Å². The first kappa shape index (κ1) is 81.5. The zero-order chi connectivity index (χ0) is 48.9. The van der Waals surface area contributed by atoms with Crippen molar-refractivity contribution in [1.29, 1.82) is 0 Å². The largest absolute Gasteiger partial charge is 0.386 e. The molecule has 0 saturated heterocycles. The van der Waals surface area contributed by atoms with Crippen LogP contribution in [-0.2, 0) is 0 Å². The molecule has 0 spiro atoms. The molecule has 0 aromatic carbocycles. The molecule has 0 aliphatic carbocycles. The predicted octanol–water partition coefficient (Wildman–Crippen LogP) is 14.9. The average Bonchev–Trinajstić information content (AvgIpc) is 3.19. The first-order chi connectivity index (χ1) is 29.2. The van der Waals surface area contributed by atoms with E-state index < -0.39 is 12.6 Å². The SMILES string of the molecule is CCCCCCCC(CCCCC[P+](CCC)(CCC)CCC)C(O)(P)CCCCCCC.CCCP(CCC)CCC.O=NO.O=NO.O=NO.O=NO.O=NO.O=NO.[K]. The Morgan fingerprint density at radius 3 is 0.984 bits per heavy atom. The quantitative estimate of drug-likeness (QED) is 0.0112. The molecule has 1 radical (unpaired) electrons. The van der Waals surface area contributed by atoms with Crippen molar-refractivity contribution in [2.24, 2.45) is 38.0 Å². The summed E-state index contributed by atoms with van der Waals surface area (Å²) < 4.78 is 0. The second-order valence-electron chi connectivity index (χ2n) is 14.5. The maximum Gasteiger partial charge on any atom is 0.152 e. The van der Waals surface area contributed by atoms with E-state index in [9.17, 15) is 5.11 Å². The van der Waals surface area contributed by atoms with E-state index in [0.29, 0.717) is 13.8 Å². The first-order valence-electron chi connectivity index (χ1n) is 22.1. The summed E-state index contributed by atoms with van der Waals surface area (Å²) in [6.45, 7) is 18.7. The molecule has 0 rings (SSSR count). The van der Waals surface area contributed by atoms with Crippen LogP contribution in [0.3, 0.4) is 0 Å². The Morgan fingerprint density at radius 2 is 0.710 bits per heavy atom. The fraction of sp³-hybridized carbons (Fsp3) is 1.00. The monoisotopic (exact) mass is 985 g/mol. The molecule has 0 aromatic heterocycles. The number of rotatable bonds is 31. The summed E-state index contributed by atoms with van der Waals surface area (Å²) in [5, 5.41) is 58.2. The van der Waals surface area contributed by atoms with Gasteiger partial charge in [-0.1, -0.05) is 145 Å². The van der Waals surface area contributed by atoms with Gasteiger partial charge in [-0.2, -0.15) is 0 Å². The molecule has 62 heavy (non-hydrogen) atoms. The topological polar surface area (TPSA) is 318 Å². The van der Waals surface area contributed by atoms with Gasteiger partial charge in [0.15, 0.2) is 32.0 Å². The van der Waals surface area contributed by atoms with Gasteiger partial charge in [-0.15, -0.1) is 46.6 Å². The number of unbranched alkanes of at least 4 members (excludes halogenated alkanes) is 10. The molecule has 0 bridgehead atoms. The Kier molecular flexibility index (Phi) is 102. The maximum atomic E-state index is 11.4. The van der Waals surface area contributed by atoms with Crippen LogP contribution >= 0.6 is 24.4 Å². The minimum Gasteiger partial charge on any atom is -0.386 e. The van der Waals surface area contributed by atoms with E-state index in [2.05, 4.69) is 64.6 Å². The normalized spacial score (nSPS) is 10.9. The van der Waals surface area contributed by atoms with Crippen molar-refractivity contribution in [1.82, 2.24) is 0 Å². The van der Waals surface area contributed by atoms with Crippen LogP contribution in [0.4, 0.5) is 0 Å². The summed E-state index contributed by atoms with van der Waals surface area (Å²) in [4.78, 5) is 48.7. The van der Waals surface area contributed by atoms with E-state index in [0.717, 1.165) is 6.42 Å². The van der Waals surface area contributed by atoms with E-state index in [4.69, 9.17) is 60.7 Å². The number of nitrogens with zero attached hydrogens (tertiary/aromatic N) is 6. The molecule has 0 fully saturated rings. The fourth-order valence-corrected chi connectivity index (χ4v) is 15.4. The van der Waals surface area contributed by atoms with E-state index in [-0.39, 0.29) is 51.4 Å². The predicted molar refractivity (Wildman–Crippen MR) is 264 cm³/mol. The van der Waals surface area contributed by atoms with Crippen molar-refractivity contribution in [2.45, 2.75) is 202 Å². The van der Waals surface area contributed by atoms with Gasteiger partial charge in [0, 0.05) is 58.6 Å². The molecular formula is C39H92KN6O13P3+. The molecular weight excluding hydrogens is 892 g/mol. The molecule has 0 aliphatic heterocycles. The molecule has 0 aromatic rings. The van der Waals surface area contributed by atoms with Crippen molar-refractivity contribution in [2.75, 3.05) is 43.1 Å². The molecule has 23 heteroatoms. The summed E-state index contributed by atoms with van der Waals surface area (Å²) in [5.74, 6) is 0.469. The van der Waals surface area contributed by atoms with Crippen molar-refractivity contribution in [3.63, 3.8) is 0 Å². The molecule has 3 atom stereocenters. The van der Waals surface area contributed by atoms with E-state index in [1.165, 1.54) is 210 Å². The van der Waals surface area contributed by atoms with Crippen molar-refractivity contribution < 1.29 is 36.4 Å². The Morgan fingerprint density at radius 1 is 0.435 bits per heavy atom. The third-order valence-corrected chi connectivity index (χ3v) is 18.9. The van der Waals surface area contributed by atoms with Gasteiger partial charge in [-0.25, -0.2) is 0 Å². The van der Waals surface area contributed by atoms with E-state index in [1.54, 1.807) is 0 Å². The minimum atomic E-state index is -0.699. The van der Waals surface area contributed by atoms with Crippen LogP contribution < -0.4 is 0 Å². The second kappa shape index (κ2) is 77.5. The smallest absolute Gasteiger partial charge is 0.152 e. The molecule has 0 saturated carbocycles. The molecule has 3 unspecified atom stereocenters. The van der Waals surface area contributed by atoms with Crippen molar-refractivity contribution >= 4 is 75.8 Å². The summed E-state index contributed by atoms with van der Waals surface area (Å²) in [5.41, 5.74) is 0. The average molecular weight is 985 g/mol. The summed E-state index contributed by atoms with van der Waals surface area (Å²) >= 11 is 0. The van der Waals surface area contributed by atoms with Gasteiger partial charge >= 0.3 is 0 Å². The third-order valence-electron chi connectivity index (χ3n) is 9.44. The molecule has 0 amide bonds. The van der Waals surface area contributed by atoms with Crippen LogP contribution in [0.25, 0.3) is 0 Å². The van der Waals surface area contributed by atoms with Crippen LogP contribution in [0.5, 0.6) is 0 Å². The van der Waals surface area contributed by atoms with Gasteiger partial charge in [-0.3, -0.25) is 0 Å². The second-order valence-corrected chi connectivity index (χ2v) is 22.6. The summed E-state index contributed by atoms with van der Waals surface area (Å²) in [6.07, 6.45) is 39.6. The van der Waals surface area contributed by atoms with Crippen LogP contribution in [0.2, 0.25) is 0 Å². The first-order valence-corrected chi connectivity index (χ1v) is 27.1. The van der Waals surface area contributed by atoms with Gasteiger partial charge < -0.3 is 36.4 Å². The van der Waals surface area contributed by atoms with Crippen molar-refractivity contribution in [3.8, 4) is 0 Å². The van der Waals surface area contributed by atoms with Crippen LogP contribution in [0.15, 0.2) is 32.0 Å². The molecule has 0 heterocycles. The Bertz CT molecular complexity index is 782. The minimum absolute atomic E-state index is 0. The van der Waals surface area contributed by atoms with Crippen LogP contribution in [-0.4, -0.2) is 136 Å². The maximum absolute atomic E-state index is 11.4. The van der Waals surface area contributed by atoms with E-state index in [1.807, 2.05) is 0 Å². The fourth-order valence-electron chi connectivity index (χ4n) is 7.25. The van der Waals surface area contributed by atoms with Crippen LogP contribution in [0.1, 0.15) is 197 Å². The molecule has 0 aliphatic rings. The van der Waals surface area contributed by atoms with Gasteiger partial charge in [0.25, 0.3) is 0 Å². The standard InChI is InChI=1S/C30H65OP2.C9H21P.K.6HNO2/c1-6-11-13-15-18-22-29(30(31,32)24-20-16-14-12-7-2)23-19-17-21-28-33(25-8-3,26-9-4)27-10-5;1-4-7-10(8-5-2)9-6-3;;6*2-1-3/h29,31H,6-28,32H2,1-5H3;4-9H2,1-3H3;;6*(H,2,3)/q+1;;;;;;;;. The number of hydrogen-bond acceptors (Lipinski definition) is 13. The zero-order valence-electron chi connectivity index (χ0n) is 40.3. The van der Waals surface area contributed by atoms with Crippen LogP contribution in [0, 0.1) is 35.4 Å². The Labute approximate surface area is 421 Å². The molecule has 371 valence electrons. The molecule has 19 nitrogen and oxygen atoms in total. The summed E-state index contributed by atoms with van der Waals surface area (Å²) in [7, 11) is 2.65. The Balaban J connectivity index is -0.000000112. The zero-order valence-corrected chi connectivity index (χ0v) is 46.4. The van der Waals surface area contributed by atoms with Crippen molar-refractivity contribution in [3.05, 3.63) is 29.4 Å². The van der Waals surface area contributed by atoms with E-state index >= 15 is 0 Å². The number of hydrogen-bond donors (Lipinski definition) is 7. The number of aliphatic hydroxyl groups is 1. The Hall–Kier alpha value is -0.714. The van der Waals surface area contributed by atoms with Gasteiger partial charge in [0.05, 0.1) is 30.0 Å². The molecule has 7 N–H and O–H groups in total. The van der Waals surface area contributed by atoms with Gasteiger partial charge in [-0.05, 0) is 75.8 Å². The van der Waals surface area contributed by atoms with Gasteiger partial charge in [0.1, 0.15) is 0 Å². The summed E-state index contributed by atoms with van der Waals surface area (Å²) in [6, 6.07) is 0.